The first-order valence-corrected chi connectivity index (χ1v) is 4.80. The van der Waals surface area contributed by atoms with Crippen LogP contribution >= 0.6 is 0 Å². The second-order valence-corrected chi connectivity index (χ2v) is 3.60. The molecule has 12 heavy (non-hydrogen) atoms. The van der Waals surface area contributed by atoms with Crippen molar-refractivity contribution in [1.82, 2.24) is 15.3 Å². The molecular weight excluding hydrogens is 150 g/mol. The summed E-state index contributed by atoms with van der Waals surface area (Å²) in [6.45, 7) is 5.53. The molecule has 3 heteroatoms. The van der Waals surface area contributed by atoms with Crippen LogP contribution in [0.4, 0.5) is 0 Å². The van der Waals surface area contributed by atoms with Crippen molar-refractivity contribution in [3.05, 3.63) is 11.9 Å². The monoisotopic (exact) mass is 167 g/mol. The molecule has 0 atom stereocenters. The maximum absolute atomic E-state index is 3.31. The summed E-state index contributed by atoms with van der Waals surface area (Å²) in [7, 11) is 0. The fourth-order valence-corrected chi connectivity index (χ4v) is 1.84. The minimum absolute atomic E-state index is 0.964. The van der Waals surface area contributed by atoms with Gasteiger partial charge in [-0.25, -0.2) is 5.01 Å². The summed E-state index contributed by atoms with van der Waals surface area (Å²) in [5, 5.41) is 8.05. The smallest absolute Gasteiger partial charge is 0.102 e. The maximum Gasteiger partial charge on any atom is 0.102 e. The molecule has 0 saturated carbocycles. The summed E-state index contributed by atoms with van der Waals surface area (Å²) in [6, 6.07) is 0. The Morgan fingerprint density at radius 3 is 2.58 bits per heavy atom. The molecule has 0 aromatic heterocycles. The van der Waals surface area contributed by atoms with E-state index in [1.807, 2.05) is 0 Å². The quantitative estimate of drug-likeness (QED) is 0.631. The van der Waals surface area contributed by atoms with Crippen LogP contribution in [0.2, 0.25) is 0 Å². The molecule has 0 bridgehead atoms. The zero-order valence-electron chi connectivity index (χ0n) is 7.71. The molecule has 0 unspecified atom stereocenters. The van der Waals surface area contributed by atoms with E-state index in [9.17, 15) is 0 Å². The third-order valence-corrected chi connectivity index (χ3v) is 2.56. The number of rotatable bonds is 1. The normalized spacial score (nSPS) is 25.4. The molecule has 2 rings (SSSR count). The second kappa shape index (κ2) is 3.35. The van der Waals surface area contributed by atoms with Gasteiger partial charge in [0.1, 0.15) is 6.67 Å². The Morgan fingerprint density at radius 1 is 1.25 bits per heavy atom. The lowest BCUT2D eigenvalue weighted by atomic mass is 10.2. The molecule has 1 N–H and O–H groups in total. The number of hydrazine groups is 1. The van der Waals surface area contributed by atoms with Gasteiger partial charge in [-0.1, -0.05) is 6.42 Å². The molecule has 0 aromatic carbocycles. The van der Waals surface area contributed by atoms with E-state index < -0.39 is 0 Å². The predicted molar refractivity (Wildman–Crippen MR) is 49.0 cm³/mol. The Morgan fingerprint density at radius 2 is 2.00 bits per heavy atom. The van der Waals surface area contributed by atoms with Gasteiger partial charge < -0.3 is 5.32 Å². The Bertz CT molecular complexity index is 182. The van der Waals surface area contributed by atoms with Crippen LogP contribution in [0.25, 0.3) is 0 Å². The highest BCUT2D eigenvalue weighted by Crippen LogP contribution is 2.14. The number of piperidine rings is 1. The Balaban J connectivity index is 1.91. The van der Waals surface area contributed by atoms with Crippen LogP contribution in [0.3, 0.4) is 0 Å². The standard InChI is InChI=1S/C9H17N3/c1-9-7-12(8-10-9)11-5-3-2-4-6-11/h7,10H,2-6,8H2,1H3. The number of hydrogen-bond acceptors (Lipinski definition) is 3. The molecule has 0 aliphatic carbocycles. The zero-order chi connectivity index (χ0) is 8.39. The maximum atomic E-state index is 3.31. The molecule has 2 aliphatic heterocycles. The molecule has 3 nitrogen and oxygen atoms in total. The first-order chi connectivity index (χ1) is 5.86. The van der Waals surface area contributed by atoms with Crippen LogP contribution in [-0.4, -0.2) is 29.8 Å². The topological polar surface area (TPSA) is 18.5 Å². The molecule has 1 fully saturated rings. The summed E-state index contributed by atoms with van der Waals surface area (Å²) in [4.78, 5) is 0. The summed E-state index contributed by atoms with van der Waals surface area (Å²) in [5.41, 5.74) is 1.28. The molecule has 0 spiro atoms. The summed E-state index contributed by atoms with van der Waals surface area (Å²) >= 11 is 0. The molecule has 0 amide bonds. The summed E-state index contributed by atoms with van der Waals surface area (Å²) in [6.07, 6.45) is 6.30. The van der Waals surface area contributed by atoms with Crippen molar-refractivity contribution in [2.45, 2.75) is 26.2 Å². The van der Waals surface area contributed by atoms with Gasteiger partial charge in [-0.3, -0.25) is 5.01 Å². The number of allylic oxidation sites excluding steroid dienone is 1. The van der Waals surface area contributed by atoms with Gasteiger partial charge in [0.2, 0.25) is 0 Å². The first kappa shape index (κ1) is 7.92. The van der Waals surface area contributed by atoms with Crippen LogP contribution in [0, 0.1) is 0 Å². The third kappa shape index (κ3) is 1.55. The molecule has 1 saturated heterocycles. The lowest BCUT2D eigenvalue weighted by Gasteiger charge is -2.34. The Hall–Kier alpha value is -0.700. The lowest BCUT2D eigenvalue weighted by Crippen LogP contribution is -2.42. The van der Waals surface area contributed by atoms with Crippen molar-refractivity contribution < 1.29 is 0 Å². The molecule has 2 aliphatic rings. The van der Waals surface area contributed by atoms with Gasteiger partial charge in [-0.2, -0.15) is 0 Å². The fraction of sp³-hybridized carbons (Fsp3) is 0.778. The van der Waals surface area contributed by atoms with Crippen LogP contribution in [0.5, 0.6) is 0 Å². The van der Waals surface area contributed by atoms with E-state index in [4.69, 9.17) is 0 Å². The highest BCUT2D eigenvalue weighted by molar-refractivity contribution is 4.99. The van der Waals surface area contributed by atoms with E-state index in [0.717, 1.165) is 6.67 Å². The van der Waals surface area contributed by atoms with E-state index in [0.29, 0.717) is 0 Å². The van der Waals surface area contributed by atoms with Crippen LogP contribution in [-0.2, 0) is 0 Å². The predicted octanol–water partition coefficient (Wildman–Crippen LogP) is 1.11. The van der Waals surface area contributed by atoms with Crippen molar-refractivity contribution in [1.29, 1.82) is 0 Å². The van der Waals surface area contributed by atoms with E-state index in [2.05, 4.69) is 28.5 Å². The lowest BCUT2D eigenvalue weighted by molar-refractivity contribution is 0.00909. The van der Waals surface area contributed by atoms with Crippen molar-refractivity contribution in [2.75, 3.05) is 19.8 Å². The summed E-state index contributed by atoms with van der Waals surface area (Å²) in [5.74, 6) is 0. The van der Waals surface area contributed by atoms with Crippen molar-refractivity contribution in [2.24, 2.45) is 0 Å². The van der Waals surface area contributed by atoms with Crippen LogP contribution in [0.15, 0.2) is 11.9 Å². The van der Waals surface area contributed by atoms with Gasteiger partial charge in [-0.05, 0) is 19.8 Å². The number of nitrogens with one attached hydrogen (secondary N) is 1. The minimum atomic E-state index is 0.964. The first-order valence-electron chi connectivity index (χ1n) is 4.80. The zero-order valence-corrected chi connectivity index (χ0v) is 7.71. The van der Waals surface area contributed by atoms with Gasteiger partial charge in [0.25, 0.3) is 0 Å². The molecule has 2 heterocycles. The Kier molecular flexibility index (Phi) is 2.21. The number of hydrogen-bond donors (Lipinski definition) is 1. The van der Waals surface area contributed by atoms with Gasteiger partial charge in [0.15, 0.2) is 0 Å². The van der Waals surface area contributed by atoms with E-state index in [1.165, 1.54) is 38.0 Å². The molecule has 0 radical (unpaired) electrons. The SMILES string of the molecule is CC1=CN(N2CCCCC2)CN1. The van der Waals surface area contributed by atoms with Crippen molar-refractivity contribution in [3.8, 4) is 0 Å². The Labute approximate surface area is 74.0 Å². The van der Waals surface area contributed by atoms with E-state index >= 15 is 0 Å². The second-order valence-electron chi connectivity index (χ2n) is 3.60. The minimum Gasteiger partial charge on any atom is -0.369 e. The largest absolute Gasteiger partial charge is 0.369 e. The fourth-order valence-electron chi connectivity index (χ4n) is 1.84. The number of nitrogens with zero attached hydrogens (tertiary/aromatic N) is 2. The molecular formula is C9H17N3. The van der Waals surface area contributed by atoms with E-state index in [1.54, 1.807) is 0 Å². The third-order valence-electron chi connectivity index (χ3n) is 2.56. The van der Waals surface area contributed by atoms with Crippen LogP contribution < -0.4 is 5.32 Å². The highest BCUT2D eigenvalue weighted by atomic mass is 15.6. The van der Waals surface area contributed by atoms with Gasteiger partial charge in [0, 0.05) is 25.0 Å². The highest BCUT2D eigenvalue weighted by Gasteiger charge is 2.18. The average molecular weight is 167 g/mol. The van der Waals surface area contributed by atoms with Crippen molar-refractivity contribution in [3.63, 3.8) is 0 Å². The van der Waals surface area contributed by atoms with Crippen LogP contribution in [0.1, 0.15) is 26.2 Å². The molecule has 0 aromatic rings. The van der Waals surface area contributed by atoms with E-state index in [-0.39, 0.29) is 0 Å². The van der Waals surface area contributed by atoms with Crippen molar-refractivity contribution >= 4 is 0 Å². The average Bonchev–Trinajstić information content (AvgIpc) is 2.54. The van der Waals surface area contributed by atoms with Gasteiger partial charge in [-0.15, -0.1) is 0 Å². The summed E-state index contributed by atoms with van der Waals surface area (Å²) < 4.78 is 0. The molecule has 68 valence electrons. The van der Waals surface area contributed by atoms with Gasteiger partial charge >= 0.3 is 0 Å². The van der Waals surface area contributed by atoms with Gasteiger partial charge in [0.05, 0.1) is 0 Å².